The molecule has 5 nitrogen and oxygen atoms in total. The number of nitrogens with one attached hydrogen (secondary N) is 2. The van der Waals surface area contributed by atoms with Gasteiger partial charge >= 0.3 is 6.03 Å². The molecule has 0 radical (unpaired) electrons. The summed E-state index contributed by atoms with van der Waals surface area (Å²) in [6.07, 6.45) is 4.70. The summed E-state index contributed by atoms with van der Waals surface area (Å²) >= 11 is 0. The van der Waals surface area contributed by atoms with Crippen LogP contribution in [-0.2, 0) is 4.79 Å². The van der Waals surface area contributed by atoms with Crippen LogP contribution < -0.4 is 10.6 Å². The van der Waals surface area contributed by atoms with Crippen molar-refractivity contribution < 1.29 is 9.59 Å². The molecule has 0 aromatic heterocycles. The monoisotopic (exact) mass is 251 g/mol. The summed E-state index contributed by atoms with van der Waals surface area (Å²) in [7, 11) is 0. The number of nitrogens with zero attached hydrogens (tertiary/aromatic N) is 1. The molecule has 0 bridgehead atoms. The van der Waals surface area contributed by atoms with Gasteiger partial charge in [-0.2, -0.15) is 0 Å². The molecule has 1 aliphatic carbocycles. The second kappa shape index (κ2) is 5.42. The van der Waals surface area contributed by atoms with E-state index in [4.69, 9.17) is 0 Å². The van der Waals surface area contributed by atoms with Gasteiger partial charge in [-0.25, -0.2) is 4.79 Å². The quantitative estimate of drug-likeness (QED) is 0.786. The molecule has 2 aliphatic rings. The van der Waals surface area contributed by atoms with Crippen molar-refractivity contribution in [3.63, 3.8) is 0 Å². The zero-order valence-electron chi connectivity index (χ0n) is 11.0. The summed E-state index contributed by atoms with van der Waals surface area (Å²) in [6.45, 7) is 5.01. The highest BCUT2D eigenvalue weighted by Crippen LogP contribution is 2.20. The Hall–Kier alpha value is -1.52. The minimum atomic E-state index is -0.0529. The fourth-order valence-electron chi connectivity index (χ4n) is 1.90. The molecule has 0 atom stereocenters. The number of rotatable bonds is 3. The largest absolute Gasteiger partial charge is 0.350 e. The molecule has 1 fully saturated rings. The van der Waals surface area contributed by atoms with Crippen molar-refractivity contribution in [3.8, 4) is 0 Å². The lowest BCUT2D eigenvalue weighted by molar-refractivity contribution is -0.117. The smallest absolute Gasteiger partial charge is 0.317 e. The summed E-state index contributed by atoms with van der Waals surface area (Å²) in [4.78, 5) is 25.3. The van der Waals surface area contributed by atoms with E-state index >= 15 is 0 Å². The summed E-state index contributed by atoms with van der Waals surface area (Å²) in [5.41, 5.74) is 0.815. The third-order valence-corrected chi connectivity index (χ3v) is 3.11. The zero-order chi connectivity index (χ0) is 13.1. The van der Waals surface area contributed by atoms with Crippen molar-refractivity contribution >= 4 is 11.9 Å². The van der Waals surface area contributed by atoms with Crippen LogP contribution in [0.25, 0.3) is 0 Å². The van der Waals surface area contributed by atoms with Gasteiger partial charge in [0.2, 0.25) is 5.91 Å². The Kier molecular flexibility index (Phi) is 3.89. The SMILES string of the molecule is CC(C)NC(=O)N1CC=C(C(=O)NC2CC2)CC1. The van der Waals surface area contributed by atoms with E-state index in [-0.39, 0.29) is 18.0 Å². The van der Waals surface area contributed by atoms with Gasteiger partial charge in [0.15, 0.2) is 0 Å². The third kappa shape index (κ3) is 3.48. The summed E-state index contributed by atoms with van der Waals surface area (Å²) in [5, 5.41) is 5.83. The van der Waals surface area contributed by atoms with Crippen LogP contribution in [0.3, 0.4) is 0 Å². The predicted molar refractivity (Wildman–Crippen MR) is 69.1 cm³/mol. The van der Waals surface area contributed by atoms with Crippen molar-refractivity contribution in [2.45, 2.75) is 45.2 Å². The number of carbonyl (C=O) groups is 2. The molecule has 2 N–H and O–H groups in total. The molecular weight excluding hydrogens is 230 g/mol. The van der Waals surface area contributed by atoms with Gasteiger partial charge < -0.3 is 15.5 Å². The lowest BCUT2D eigenvalue weighted by Gasteiger charge is -2.27. The number of amides is 3. The summed E-state index contributed by atoms with van der Waals surface area (Å²) in [5.74, 6) is 0.0430. The van der Waals surface area contributed by atoms with Gasteiger partial charge in [0.05, 0.1) is 0 Å². The fraction of sp³-hybridized carbons (Fsp3) is 0.692. The van der Waals surface area contributed by atoms with E-state index < -0.39 is 0 Å². The Bertz CT molecular complexity index is 372. The number of hydrogen-bond donors (Lipinski definition) is 2. The Labute approximate surface area is 108 Å². The van der Waals surface area contributed by atoms with E-state index in [1.807, 2.05) is 19.9 Å². The maximum atomic E-state index is 11.8. The molecule has 3 amide bonds. The molecular formula is C13H21N3O2. The normalized spacial score (nSPS) is 19.5. The predicted octanol–water partition coefficient (Wildman–Crippen LogP) is 1.02. The number of carbonyl (C=O) groups excluding carboxylic acids is 2. The van der Waals surface area contributed by atoms with Gasteiger partial charge in [-0.15, -0.1) is 0 Å². The lowest BCUT2D eigenvalue weighted by atomic mass is 10.1. The minimum Gasteiger partial charge on any atom is -0.350 e. The van der Waals surface area contributed by atoms with Gasteiger partial charge in [-0.3, -0.25) is 4.79 Å². The Morgan fingerprint density at radius 3 is 2.61 bits per heavy atom. The summed E-state index contributed by atoms with van der Waals surface area (Å²) < 4.78 is 0. The van der Waals surface area contributed by atoms with Crippen LogP contribution in [0, 0.1) is 0 Å². The summed E-state index contributed by atoms with van der Waals surface area (Å²) in [6, 6.07) is 0.476. The maximum Gasteiger partial charge on any atom is 0.317 e. The third-order valence-electron chi connectivity index (χ3n) is 3.11. The van der Waals surface area contributed by atoms with E-state index in [2.05, 4.69) is 10.6 Å². The minimum absolute atomic E-state index is 0.0430. The van der Waals surface area contributed by atoms with Gasteiger partial charge in [-0.05, 0) is 33.1 Å². The molecule has 0 unspecified atom stereocenters. The fourth-order valence-corrected chi connectivity index (χ4v) is 1.90. The highest BCUT2D eigenvalue weighted by molar-refractivity contribution is 5.94. The molecule has 18 heavy (non-hydrogen) atoms. The molecule has 1 aliphatic heterocycles. The van der Waals surface area contributed by atoms with E-state index in [0.29, 0.717) is 25.6 Å². The molecule has 0 aromatic carbocycles. The zero-order valence-corrected chi connectivity index (χ0v) is 11.0. The first kappa shape index (κ1) is 12.9. The van der Waals surface area contributed by atoms with Crippen LogP contribution in [0.1, 0.15) is 33.1 Å². The van der Waals surface area contributed by atoms with Crippen molar-refractivity contribution in [3.05, 3.63) is 11.6 Å². The maximum absolute atomic E-state index is 11.8. The van der Waals surface area contributed by atoms with E-state index in [1.54, 1.807) is 4.90 Å². The van der Waals surface area contributed by atoms with Crippen molar-refractivity contribution in [2.75, 3.05) is 13.1 Å². The van der Waals surface area contributed by atoms with Crippen molar-refractivity contribution in [2.24, 2.45) is 0 Å². The molecule has 0 aromatic rings. The molecule has 5 heteroatoms. The topological polar surface area (TPSA) is 61.4 Å². The van der Waals surface area contributed by atoms with E-state index in [1.165, 1.54) is 0 Å². The van der Waals surface area contributed by atoms with Gasteiger partial charge in [0.1, 0.15) is 0 Å². The van der Waals surface area contributed by atoms with Crippen LogP contribution in [-0.4, -0.2) is 42.0 Å². The Morgan fingerprint density at radius 2 is 2.11 bits per heavy atom. The first-order valence-corrected chi connectivity index (χ1v) is 6.61. The van der Waals surface area contributed by atoms with Crippen molar-refractivity contribution in [1.29, 1.82) is 0 Å². The average molecular weight is 251 g/mol. The van der Waals surface area contributed by atoms with E-state index in [0.717, 1.165) is 18.4 Å². The number of hydrogen-bond acceptors (Lipinski definition) is 2. The molecule has 1 saturated carbocycles. The molecule has 2 rings (SSSR count). The average Bonchev–Trinajstić information content (AvgIpc) is 3.12. The Balaban J connectivity index is 1.82. The highest BCUT2D eigenvalue weighted by Gasteiger charge is 2.26. The van der Waals surface area contributed by atoms with Gasteiger partial charge in [-0.1, -0.05) is 6.08 Å². The second-order valence-corrected chi connectivity index (χ2v) is 5.28. The highest BCUT2D eigenvalue weighted by atomic mass is 16.2. The van der Waals surface area contributed by atoms with Crippen LogP contribution in [0.5, 0.6) is 0 Å². The van der Waals surface area contributed by atoms with Crippen molar-refractivity contribution in [1.82, 2.24) is 15.5 Å². The number of urea groups is 1. The molecule has 1 heterocycles. The molecule has 0 saturated heterocycles. The van der Waals surface area contributed by atoms with Crippen LogP contribution >= 0.6 is 0 Å². The standard InChI is InChI=1S/C13H21N3O2/c1-9(2)14-13(18)16-7-5-10(6-8-16)12(17)15-11-3-4-11/h5,9,11H,3-4,6-8H2,1-2H3,(H,14,18)(H,15,17). The first-order chi connectivity index (χ1) is 8.56. The first-order valence-electron chi connectivity index (χ1n) is 6.61. The van der Waals surface area contributed by atoms with Gasteiger partial charge in [0, 0.05) is 30.7 Å². The second-order valence-electron chi connectivity index (χ2n) is 5.28. The Morgan fingerprint density at radius 1 is 1.39 bits per heavy atom. The molecule has 100 valence electrons. The lowest BCUT2D eigenvalue weighted by Crippen LogP contribution is -2.45. The van der Waals surface area contributed by atoms with Crippen LogP contribution in [0.2, 0.25) is 0 Å². The van der Waals surface area contributed by atoms with Crippen LogP contribution in [0.15, 0.2) is 11.6 Å². The van der Waals surface area contributed by atoms with E-state index in [9.17, 15) is 9.59 Å². The molecule has 0 spiro atoms. The van der Waals surface area contributed by atoms with Gasteiger partial charge in [0.25, 0.3) is 0 Å². The van der Waals surface area contributed by atoms with Crippen LogP contribution in [0.4, 0.5) is 4.79 Å².